The Balaban J connectivity index is 1.89. The third-order valence-electron chi connectivity index (χ3n) is 4.97. The van der Waals surface area contributed by atoms with E-state index < -0.39 is 0 Å². The summed E-state index contributed by atoms with van der Waals surface area (Å²) >= 11 is 0. The van der Waals surface area contributed by atoms with Crippen molar-refractivity contribution >= 4 is 11.8 Å². The standard InChI is InChI=1S/C26H23N3O/c1-19-12-15-21(16-13-19)24-10-6-7-11-25(24)26-22(17-14-20(2)28-30)18-29(27-26)23-8-4-3-5-9-23/h3-18,30H,1-2H3. The van der Waals surface area contributed by atoms with Crippen molar-refractivity contribution in [3.05, 3.63) is 102 Å². The fourth-order valence-corrected chi connectivity index (χ4v) is 3.35. The fourth-order valence-electron chi connectivity index (χ4n) is 3.35. The zero-order chi connectivity index (χ0) is 20.9. The molecule has 0 saturated carbocycles. The van der Waals surface area contributed by atoms with E-state index >= 15 is 0 Å². The Hall–Kier alpha value is -3.92. The van der Waals surface area contributed by atoms with Crippen molar-refractivity contribution < 1.29 is 5.21 Å². The molecule has 4 aromatic rings. The average Bonchev–Trinajstić information content (AvgIpc) is 3.23. The molecular weight excluding hydrogens is 370 g/mol. The van der Waals surface area contributed by atoms with Crippen LogP contribution >= 0.6 is 0 Å². The number of allylic oxidation sites excluding steroid dienone is 1. The second-order valence-corrected chi connectivity index (χ2v) is 7.20. The van der Waals surface area contributed by atoms with Gasteiger partial charge in [0.2, 0.25) is 0 Å². The first kappa shape index (κ1) is 19.4. The molecule has 0 atom stereocenters. The van der Waals surface area contributed by atoms with Crippen molar-refractivity contribution in [3.8, 4) is 28.1 Å². The van der Waals surface area contributed by atoms with E-state index in [2.05, 4.69) is 48.5 Å². The van der Waals surface area contributed by atoms with E-state index in [1.165, 1.54) is 5.56 Å². The average molecular weight is 393 g/mol. The van der Waals surface area contributed by atoms with Gasteiger partial charge in [0.1, 0.15) is 5.69 Å². The van der Waals surface area contributed by atoms with Crippen molar-refractivity contribution in [1.29, 1.82) is 0 Å². The minimum atomic E-state index is 0.528. The highest BCUT2D eigenvalue weighted by molar-refractivity contribution is 5.97. The number of para-hydroxylation sites is 1. The summed E-state index contributed by atoms with van der Waals surface area (Å²) in [4.78, 5) is 0. The summed E-state index contributed by atoms with van der Waals surface area (Å²) in [6, 6.07) is 26.8. The summed E-state index contributed by atoms with van der Waals surface area (Å²) in [5.74, 6) is 0. The summed E-state index contributed by atoms with van der Waals surface area (Å²) in [6.45, 7) is 3.84. The molecule has 0 bridgehead atoms. The maximum absolute atomic E-state index is 9.01. The lowest BCUT2D eigenvalue weighted by molar-refractivity contribution is 0.319. The molecule has 0 saturated heterocycles. The van der Waals surface area contributed by atoms with Gasteiger partial charge in [0.05, 0.1) is 11.4 Å². The Bertz CT molecular complexity index is 1200. The summed E-state index contributed by atoms with van der Waals surface area (Å²) in [7, 11) is 0. The molecule has 0 radical (unpaired) electrons. The van der Waals surface area contributed by atoms with Crippen LogP contribution in [0.1, 0.15) is 18.1 Å². The first-order chi connectivity index (χ1) is 14.7. The number of hydrogen-bond acceptors (Lipinski definition) is 3. The molecule has 0 fully saturated rings. The van der Waals surface area contributed by atoms with E-state index in [1.807, 2.05) is 59.4 Å². The number of aromatic nitrogens is 2. The van der Waals surface area contributed by atoms with Crippen molar-refractivity contribution in [3.63, 3.8) is 0 Å². The third-order valence-corrected chi connectivity index (χ3v) is 4.97. The van der Waals surface area contributed by atoms with Crippen LogP contribution in [-0.2, 0) is 0 Å². The second-order valence-electron chi connectivity index (χ2n) is 7.20. The van der Waals surface area contributed by atoms with Crippen molar-refractivity contribution in [2.45, 2.75) is 13.8 Å². The molecule has 0 aliphatic rings. The van der Waals surface area contributed by atoms with Crippen molar-refractivity contribution in [1.82, 2.24) is 9.78 Å². The summed E-state index contributed by atoms with van der Waals surface area (Å²) in [5, 5.41) is 17.2. The minimum Gasteiger partial charge on any atom is -0.411 e. The van der Waals surface area contributed by atoms with Crippen LogP contribution in [0.3, 0.4) is 0 Å². The minimum absolute atomic E-state index is 0.528. The molecule has 0 amide bonds. The maximum Gasteiger partial charge on any atom is 0.101 e. The van der Waals surface area contributed by atoms with E-state index in [-0.39, 0.29) is 0 Å². The Labute approximate surface area is 176 Å². The number of hydrogen-bond donors (Lipinski definition) is 1. The zero-order valence-corrected chi connectivity index (χ0v) is 17.0. The van der Waals surface area contributed by atoms with Crippen LogP contribution in [-0.4, -0.2) is 20.7 Å². The molecule has 4 rings (SSSR count). The van der Waals surface area contributed by atoms with Crippen LogP contribution in [0.4, 0.5) is 0 Å². The Morgan fingerprint density at radius 2 is 1.57 bits per heavy atom. The summed E-state index contributed by atoms with van der Waals surface area (Å²) in [5.41, 5.74) is 7.88. The van der Waals surface area contributed by atoms with Crippen LogP contribution in [0, 0.1) is 6.92 Å². The van der Waals surface area contributed by atoms with Crippen molar-refractivity contribution in [2.24, 2.45) is 5.16 Å². The number of oxime groups is 1. The lowest BCUT2D eigenvalue weighted by atomic mass is 9.95. The second kappa shape index (κ2) is 8.62. The summed E-state index contributed by atoms with van der Waals surface area (Å²) in [6.07, 6.45) is 5.71. The molecule has 3 aromatic carbocycles. The van der Waals surface area contributed by atoms with Gasteiger partial charge in [-0.3, -0.25) is 0 Å². The van der Waals surface area contributed by atoms with Crippen LogP contribution in [0.15, 0.2) is 96.3 Å². The maximum atomic E-state index is 9.01. The highest BCUT2D eigenvalue weighted by Crippen LogP contribution is 2.34. The third kappa shape index (κ3) is 4.08. The molecule has 0 aliphatic heterocycles. The Morgan fingerprint density at radius 1 is 0.900 bits per heavy atom. The van der Waals surface area contributed by atoms with Gasteiger partial charge in [-0.2, -0.15) is 5.10 Å². The van der Waals surface area contributed by atoms with Gasteiger partial charge in [-0.05, 0) is 49.3 Å². The van der Waals surface area contributed by atoms with Crippen LogP contribution in [0.25, 0.3) is 34.1 Å². The molecule has 0 spiro atoms. The Kier molecular flexibility index (Phi) is 5.57. The Morgan fingerprint density at radius 3 is 2.27 bits per heavy atom. The highest BCUT2D eigenvalue weighted by Gasteiger charge is 2.15. The van der Waals surface area contributed by atoms with Gasteiger partial charge < -0.3 is 5.21 Å². The molecule has 4 nitrogen and oxygen atoms in total. The molecule has 148 valence electrons. The lowest BCUT2D eigenvalue weighted by Gasteiger charge is -2.09. The van der Waals surface area contributed by atoms with E-state index in [1.54, 1.807) is 13.0 Å². The van der Waals surface area contributed by atoms with Crippen LogP contribution in [0.2, 0.25) is 0 Å². The number of rotatable bonds is 5. The first-order valence-electron chi connectivity index (χ1n) is 9.84. The molecule has 0 unspecified atom stereocenters. The fraction of sp³-hybridized carbons (Fsp3) is 0.0769. The van der Waals surface area contributed by atoms with Gasteiger partial charge in [-0.1, -0.05) is 77.4 Å². The predicted molar refractivity (Wildman–Crippen MR) is 123 cm³/mol. The van der Waals surface area contributed by atoms with Crippen LogP contribution in [0.5, 0.6) is 0 Å². The number of nitrogens with zero attached hydrogens (tertiary/aromatic N) is 3. The number of benzene rings is 3. The topological polar surface area (TPSA) is 50.4 Å². The van der Waals surface area contributed by atoms with Gasteiger partial charge in [-0.25, -0.2) is 4.68 Å². The summed E-state index contributed by atoms with van der Waals surface area (Å²) < 4.78 is 1.88. The molecule has 1 aromatic heterocycles. The van der Waals surface area contributed by atoms with Crippen molar-refractivity contribution in [2.75, 3.05) is 0 Å². The smallest absolute Gasteiger partial charge is 0.101 e. The van der Waals surface area contributed by atoms with E-state index in [9.17, 15) is 0 Å². The van der Waals surface area contributed by atoms with E-state index in [0.717, 1.165) is 33.6 Å². The SMILES string of the molecule is CC(C=Cc1cn(-c2ccccc2)nc1-c1ccccc1-c1ccc(C)cc1)=NO. The van der Waals surface area contributed by atoms with Gasteiger partial charge in [0, 0.05) is 17.3 Å². The van der Waals surface area contributed by atoms with Gasteiger partial charge in [-0.15, -0.1) is 0 Å². The predicted octanol–water partition coefficient (Wildman–Crippen LogP) is 6.38. The van der Waals surface area contributed by atoms with Gasteiger partial charge in [0.25, 0.3) is 0 Å². The molecule has 30 heavy (non-hydrogen) atoms. The largest absolute Gasteiger partial charge is 0.411 e. The van der Waals surface area contributed by atoms with E-state index in [4.69, 9.17) is 10.3 Å². The molecular formula is C26H23N3O. The molecule has 1 heterocycles. The van der Waals surface area contributed by atoms with Gasteiger partial charge >= 0.3 is 0 Å². The van der Waals surface area contributed by atoms with E-state index in [0.29, 0.717) is 5.71 Å². The zero-order valence-electron chi connectivity index (χ0n) is 17.0. The lowest BCUT2D eigenvalue weighted by Crippen LogP contribution is -1.94. The number of aryl methyl sites for hydroxylation is 1. The molecule has 1 N–H and O–H groups in total. The first-order valence-corrected chi connectivity index (χ1v) is 9.84. The van der Waals surface area contributed by atoms with Crippen LogP contribution < -0.4 is 0 Å². The highest BCUT2D eigenvalue weighted by atomic mass is 16.4. The molecule has 4 heteroatoms. The normalized spacial score (nSPS) is 11.9. The monoisotopic (exact) mass is 393 g/mol. The molecule has 0 aliphatic carbocycles. The quantitative estimate of drug-likeness (QED) is 0.243. The van der Waals surface area contributed by atoms with Gasteiger partial charge in [0.15, 0.2) is 0 Å².